The average Bonchev–Trinajstić information content (AvgIpc) is 3.35. The van der Waals surface area contributed by atoms with Gasteiger partial charge in [-0.1, -0.05) is 49.6 Å². The molecular formula is C30H36N2O4S. The van der Waals surface area contributed by atoms with Crippen LogP contribution in [0.3, 0.4) is 0 Å². The average molecular weight is 521 g/mol. The van der Waals surface area contributed by atoms with Gasteiger partial charge in [0.05, 0.1) is 20.8 Å². The van der Waals surface area contributed by atoms with Crippen LogP contribution in [-0.4, -0.2) is 48.4 Å². The molecule has 1 aliphatic rings. The Morgan fingerprint density at radius 3 is 2.16 bits per heavy atom. The number of aryl methyl sites for hydroxylation is 1. The Kier molecular flexibility index (Phi) is 9.23. The molecular weight excluding hydrogens is 484 g/mol. The summed E-state index contributed by atoms with van der Waals surface area (Å²) in [7, 11) is 3.14. The molecule has 1 aromatic heterocycles. The molecule has 0 spiro atoms. The Balaban J connectivity index is 1.61. The van der Waals surface area contributed by atoms with Gasteiger partial charge in [0.2, 0.25) is 5.91 Å². The van der Waals surface area contributed by atoms with Gasteiger partial charge in [-0.2, -0.15) is 0 Å². The third kappa shape index (κ3) is 7.13. The quantitative estimate of drug-likeness (QED) is 0.325. The van der Waals surface area contributed by atoms with Crippen LogP contribution in [0, 0.1) is 6.92 Å². The van der Waals surface area contributed by atoms with E-state index < -0.39 is 0 Å². The van der Waals surface area contributed by atoms with Gasteiger partial charge in [-0.05, 0) is 49.6 Å². The van der Waals surface area contributed by atoms with Gasteiger partial charge in [-0.3, -0.25) is 9.59 Å². The molecule has 7 heteroatoms. The van der Waals surface area contributed by atoms with Gasteiger partial charge in [0.1, 0.15) is 18.0 Å². The highest BCUT2D eigenvalue weighted by atomic mass is 32.1. The molecule has 0 atom stereocenters. The van der Waals surface area contributed by atoms with E-state index in [0.29, 0.717) is 30.2 Å². The third-order valence-corrected chi connectivity index (χ3v) is 7.88. The van der Waals surface area contributed by atoms with E-state index in [9.17, 15) is 9.59 Å². The van der Waals surface area contributed by atoms with Crippen molar-refractivity contribution in [3.05, 3.63) is 81.5 Å². The van der Waals surface area contributed by atoms with Gasteiger partial charge in [-0.25, -0.2) is 0 Å². The number of nitrogens with zero attached hydrogens (tertiary/aromatic N) is 2. The number of hydrogen-bond donors (Lipinski definition) is 0. The molecule has 0 aliphatic heterocycles. The highest BCUT2D eigenvalue weighted by molar-refractivity contribution is 7.11. The molecule has 0 radical (unpaired) electrons. The second kappa shape index (κ2) is 12.8. The summed E-state index contributed by atoms with van der Waals surface area (Å²) in [5.74, 6) is 0.889. The van der Waals surface area contributed by atoms with Crippen molar-refractivity contribution in [2.24, 2.45) is 0 Å². The predicted octanol–water partition coefficient (Wildman–Crippen LogP) is 6.08. The number of ether oxygens (including phenoxy) is 2. The van der Waals surface area contributed by atoms with Crippen molar-refractivity contribution in [2.45, 2.75) is 58.2 Å². The Hall–Kier alpha value is -3.32. The predicted molar refractivity (Wildman–Crippen MR) is 147 cm³/mol. The van der Waals surface area contributed by atoms with Crippen LogP contribution in [0.15, 0.2) is 60.7 Å². The molecule has 0 N–H and O–H groups in total. The Morgan fingerprint density at radius 1 is 0.892 bits per heavy atom. The Labute approximate surface area is 223 Å². The Morgan fingerprint density at radius 2 is 1.57 bits per heavy atom. The van der Waals surface area contributed by atoms with Crippen LogP contribution in [0.1, 0.15) is 57.8 Å². The van der Waals surface area contributed by atoms with Gasteiger partial charge in [-0.15, -0.1) is 11.3 Å². The largest absolute Gasteiger partial charge is 0.497 e. The molecule has 196 valence electrons. The van der Waals surface area contributed by atoms with Crippen LogP contribution in [0.25, 0.3) is 0 Å². The topological polar surface area (TPSA) is 59.1 Å². The van der Waals surface area contributed by atoms with Gasteiger partial charge in [0.25, 0.3) is 5.91 Å². The minimum absolute atomic E-state index is 0.0324. The van der Waals surface area contributed by atoms with Crippen LogP contribution in [0.2, 0.25) is 0 Å². The van der Waals surface area contributed by atoms with Crippen LogP contribution >= 0.6 is 11.3 Å². The normalized spacial score (nSPS) is 13.7. The first-order valence-electron chi connectivity index (χ1n) is 12.9. The summed E-state index contributed by atoms with van der Waals surface area (Å²) >= 11 is 1.70. The molecule has 3 aromatic rings. The fourth-order valence-electron chi connectivity index (χ4n) is 4.90. The fourth-order valence-corrected chi connectivity index (χ4v) is 5.80. The van der Waals surface area contributed by atoms with Crippen LogP contribution in [0.4, 0.5) is 0 Å². The fraction of sp³-hybridized carbons (Fsp3) is 0.400. The van der Waals surface area contributed by atoms with E-state index in [1.54, 1.807) is 48.7 Å². The second-order valence-electron chi connectivity index (χ2n) is 9.57. The molecule has 0 saturated heterocycles. The van der Waals surface area contributed by atoms with Gasteiger partial charge < -0.3 is 19.3 Å². The number of carbonyl (C=O) groups excluding carboxylic acids is 2. The highest BCUT2D eigenvalue weighted by Crippen LogP contribution is 2.28. The zero-order valence-electron chi connectivity index (χ0n) is 21.9. The lowest BCUT2D eigenvalue weighted by Gasteiger charge is -2.35. The van der Waals surface area contributed by atoms with Crippen molar-refractivity contribution in [1.29, 1.82) is 0 Å². The van der Waals surface area contributed by atoms with Gasteiger partial charge in [0, 0.05) is 34.0 Å². The molecule has 1 aliphatic carbocycles. The summed E-state index contributed by atoms with van der Waals surface area (Å²) < 4.78 is 10.8. The maximum absolute atomic E-state index is 13.9. The van der Waals surface area contributed by atoms with E-state index in [4.69, 9.17) is 9.47 Å². The number of carbonyl (C=O) groups is 2. The number of hydrogen-bond acceptors (Lipinski definition) is 5. The lowest BCUT2D eigenvalue weighted by Crippen LogP contribution is -2.48. The molecule has 37 heavy (non-hydrogen) atoms. The molecule has 2 amide bonds. The molecule has 4 rings (SSSR count). The van der Waals surface area contributed by atoms with E-state index in [-0.39, 0.29) is 24.4 Å². The van der Waals surface area contributed by atoms with Crippen molar-refractivity contribution in [3.63, 3.8) is 0 Å². The first-order valence-corrected chi connectivity index (χ1v) is 13.7. The van der Waals surface area contributed by atoms with E-state index >= 15 is 0 Å². The first-order chi connectivity index (χ1) is 18.0. The summed E-state index contributed by atoms with van der Waals surface area (Å²) in [6.07, 6.45) is 5.10. The van der Waals surface area contributed by atoms with Crippen molar-refractivity contribution in [2.75, 3.05) is 20.8 Å². The van der Waals surface area contributed by atoms with E-state index in [1.165, 1.54) is 4.88 Å². The molecule has 1 heterocycles. The lowest BCUT2D eigenvalue weighted by molar-refractivity contribution is -0.133. The minimum Gasteiger partial charge on any atom is -0.497 e. The van der Waals surface area contributed by atoms with Crippen molar-refractivity contribution < 1.29 is 19.1 Å². The summed E-state index contributed by atoms with van der Waals surface area (Å²) in [6.45, 7) is 3.13. The van der Waals surface area contributed by atoms with Crippen molar-refractivity contribution >= 4 is 23.2 Å². The number of benzene rings is 2. The van der Waals surface area contributed by atoms with Crippen molar-refractivity contribution in [3.8, 4) is 11.5 Å². The van der Waals surface area contributed by atoms with Crippen LogP contribution in [0.5, 0.6) is 11.5 Å². The number of amides is 2. The first kappa shape index (κ1) is 26.7. The molecule has 0 unspecified atom stereocenters. The SMILES string of the molecule is COc1cc(OC)cc(C(=O)N(CC(=O)N(Cc2ccccc2)Cc2ccc(C)s2)C2CCCCC2)c1. The smallest absolute Gasteiger partial charge is 0.254 e. The molecule has 1 saturated carbocycles. The maximum atomic E-state index is 13.9. The number of thiophene rings is 1. The monoisotopic (exact) mass is 520 g/mol. The standard InChI is InChI=1S/C30H36N2O4S/c1-22-14-15-28(37-22)20-31(19-23-10-6-4-7-11-23)29(33)21-32(25-12-8-5-9-13-25)30(34)24-16-26(35-2)18-27(17-24)36-3/h4,6-7,10-11,14-18,25H,5,8-9,12-13,19-21H2,1-3H3. The number of rotatable bonds is 10. The summed E-state index contributed by atoms with van der Waals surface area (Å²) in [5.41, 5.74) is 1.54. The zero-order valence-corrected chi connectivity index (χ0v) is 22.8. The molecule has 0 bridgehead atoms. The lowest BCUT2D eigenvalue weighted by atomic mass is 9.93. The minimum atomic E-state index is -0.163. The van der Waals surface area contributed by atoms with Gasteiger partial charge in [0.15, 0.2) is 0 Å². The summed E-state index contributed by atoms with van der Waals surface area (Å²) in [4.78, 5) is 33.8. The highest BCUT2D eigenvalue weighted by Gasteiger charge is 2.30. The van der Waals surface area contributed by atoms with E-state index in [2.05, 4.69) is 19.1 Å². The maximum Gasteiger partial charge on any atom is 0.254 e. The van der Waals surface area contributed by atoms with Crippen LogP contribution < -0.4 is 9.47 Å². The zero-order chi connectivity index (χ0) is 26.2. The molecule has 1 fully saturated rings. The Bertz CT molecular complexity index is 1170. The summed E-state index contributed by atoms with van der Waals surface area (Å²) in [6, 6.07) is 19.4. The van der Waals surface area contributed by atoms with Gasteiger partial charge >= 0.3 is 0 Å². The molecule has 2 aromatic carbocycles. The second-order valence-corrected chi connectivity index (χ2v) is 10.9. The van der Waals surface area contributed by atoms with Crippen molar-refractivity contribution in [1.82, 2.24) is 9.80 Å². The van der Waals surface area contributed by atoms with Crippen LogP contribution in [-0.2, 0) is 17.9 Å². The van der Waals surface area contributed by atoms with E-state index in [0.717, 1.165) is 42.5 Å². The third-order valence-electron chi connectivity index (χ3n) is 6.89. The molecule has 6 nitrogen and oxygen atoms in total. The summed E-state index contributed by atoms with van der Waals surface area (Å²) in [5, 5.41) is 0. The van der Waals surface area contributed by atoms with E-state index in [1.807, 2.05) is 35.2 Å². The number of methoxy groups -OCH3 is 2.